The van der Waals surface area contributed by atoms with Crippen molar-refractivity contribution in [3.8, 4) is 0 Å². The van der Waals surface area contributed by atoms with E-state index in [1.54, 1.807) is 0 Å². The molecule has 1 amide bonds. The van der Waals surface area contributed by atoms with Crippen molar-refractivity contribution in [2.75, 3.05) is 31.1 Å². The van der Waals surface area contributed by atoms with Crippen molar-refractivity contribution < 1.29 is 9.53 Å². The minimum absolute atomic E-state index is 0.178. The molecule has 23 heavy (non-hydrogen) atoms. The molecule has 0 bridgehead atoms. The van der Waals surface area contributed by atoms with Crippen LogP contribution in [0.2, 0.25) is 0 Å². The number of carbonyl (C=O) groups is 1. The number of halogens is 1. The standard InChI is InChI=1S/C18H25BrN2O2/c1-17(2,3)23-16(22)21-12-18(13-21)8-5-9-20(11-18)15-7-4-6-14(19)10-15/h4,6-7,10H,5,8-9,11-13H2,1-3H3. The molecule has 0 N–H and O–H groups in total. The zero-order valence-electron chi connectivity index (χ0n) is 14.1. The van der Waals surface area contributed by atoms with E-state index in [1.807, 2.05) is 25.7 Å². The van der Waals surface area contributed by atoms with Gasteiger partial charge in [0, 0.05) is 41.8 Å². The predicted octanol–water partition coefficient (Wildman–Crippen LogP) is 4.29. The number of hydrogen-bond donors (Lipinski definition) is 0. The number of piperidine rings is 1. The van der Waals surface area contributed by atoms with Crippen LogP contribution in [0, 0.1) is 5.41 Å². The summed E-state index contributed by atoms with van der Waals surface area (Å²) in [6.45, 7) is 9.47. The molecule has 2 fully saturated rings. The predicted molar refractivity (Wildman–Crippen MR) is 95.8 cm³/mol. The Hall–Kier alpha value is -1.23. The molecule has 0 atom stereocenters. The van der Waals surface area contributed by atoms with E-state index in [9.17, 15) is 4.79 Å². The van der Waals surface area contributed by atoms with Gasteiger partial charge in [-0.25, -0.2) is 4.79 Å². The summed E-state index contributed by atoms with van der Waals surface area (Å²) in [5.41, 5.74) is 1.07. The highest BCUT2D eigenvalue weighted by Gasteiger charge is 2.48. The molecule has 4 nitrogen and oxygen atoms in total. The molecule has 1 aromatic carbocycles. The van der Waals surface area contributed by atoms with Crippen LogP contribution in [-0.4, -0.2) is 42.8 Å². The van der Waals surface area contributed by atoms with Crippen molar-refractivity contribution in [2.24, 2.45) is 5.41 Å². The average molecular weight is 381 g/mol. The lowest BCUT2D eigenvalue weighted by Crippen LogP contribution is -2.64. The third kappa shape index (κ3) is 3.82. The third-order valence-electron chi connectivity index (χ3n) is 4.54. The number of likely N-dealkylation sites (tertiary alicyclic amines) is 1. The smallest absolute Gasteiger partial charge is 0.410 e. The normalized spacial score (nSPS) is 20.3. The zero-order chi connectivity index (χ0) is 16.7. The van der Waals surface area contributed by atoms with Crippen LogP contribution in [0.3, 0.4) is 0 Å². The largest absolute Gasteiger partial charge is 0.444 e. The molecule has 0 radical (unpaired) electrons. The first-order valence-corrected chi connectivity index (χ1v) is 9.04. The van der Waals surface area contributed by atoms with Gasteiger partial charge in [0.05, 0.1) is 0 Å². The van der Waals surface area contributed by atoms with E-state index in [4.69, 9.17) is 4.74 Å². The van der Waals surface area contributed by atoms with Crippen molar-refractivity contribution in [2.45, 2.75) is 39.2 Å². The number of ether oxygens (including phenoxy) is 1. The number of benzene rings is 1. The van der Waals surface area contributed by atoms with Gasteiger partial charge in [-0.1, -0.05) is 22.0 Å². The molecule has 126 valence electrons. The fourth-order valence-electron chi connectivity index (χ4n) is 3.58. The van der Waals surface area contributed by atoms with Crippen molar-refractivity contribution >= 4 is 27.7 Å². The number of hydrogen-bond acceptors (Lipinski definition) is 3. The summed E-state index contributed by atoms with van der Waals surface area (Å²) in [7, 11) is 0. The van der Waals surface area contributed by atoms with Gasteiger partial charge in [-0.15, -0.1) is 0 Å². The molecule has 1 spiro atoms. The second-order valence-electron chi connectivity index (χ2n) is 7.84. The molecule has 0 saturated carbocycles. The number of anilines is 1. The fraction of sp³-hybridized carbons (Fsp3) is 0.611. The summed E-state index contributed by atoms with van der Waals surface area (Å²) in [5, 5.41) is 0. The summed E-state index contributed by atoms with van der Waals surface area (Å²) in [6.07, 6.45) is 2.19. The molecule has 0 aliphatic carbocycles. The molecule has 5 heteroatoms. The van der Waals surface area contributed by atoms with Gasteiger partial charge in [0.2, 0.25) is 0 Å². The molecule has 2 aliphatic rings. The summed E-state index contributed by atoms with van der Waals surface area (Å²) in [4.78, 5) is 16.4. The van der Waals surface area contributed by atoms with Gasteiger partial charge in [-0.05, 0) is 51.8 Å². The van der Waals surface area contributed by atoms with Gasteiger partial charge in [-0.2, -0.15) is 0 Å². The highest BCUT2D eigenvalue weighted by Crippen LogP contribution is 2.41. The highest BCUT2D eigenvalue weighted by molar-refractivity contribution is 9.10. The van der Waals surface area contributed by atoms with Gasteiger partial charge < -0.3 is 14.5 Å². The van der Waals surface area contributed by atoms with Crippen LogP contribution in [-0.2, 0) is 4.74 Å². The van der Waals surface area contributed by atoms with Crippen LogP contribution in [0.5, 0.6) is 0 Å². The Morgan fingerprint density at radius 1 is 1.26 bits per heavy atom. The van der Waals surface area contributed by atoms with E-state index < -0.39 is 5.60 Å². The maximum absolute atomic E-state index is 12.1. The zero-order valence-corrected chi connectivity index (χ0v) is 15.7. The highest BCUT2D eigenvalue weighted by atomic mass is 79.9. The summed E-state index contributed by atoms with van der Waals surface area (Å²) >= 11 is 3.55. The molecule has 3 rings (SSSR count). The van der Waals surface area contributed by atoms with E-state index in [0.29, 0.717) is 0 Å². The lowest BCUT2D eigenvalue weighted by Gasteiger charge is -2.54. The minimum atomic E-state index is -0.422. The Kier molecular flexibility index (Phi) is 4.34. The van der Waals surface area contributed by atoms with Crippen LogP contribution < -0.4 is 4.90 Å². The Balaban J connectivity index is 1.61. The molecular formula is C18H25BrN2O2. The molecule has 2 aliphatic heterocycles. The first-order valence-electron chi connectivity index (χ1n) is 8.25. The second-order valence-corrected chi connectivity index (χ2v) is 8.76. The quantitative estimate of drug-likeness (QED) is 0.728. The summed E-state index contributed by atoms with van der Waals surface area (Å²) < 4.78 is 6.58. The summed E-state index contributed by atoms with van der Waals surface area (Å²) in [6, 6.07) is 8.46. The summed E-state index contributed by atoms with van der Waals surface area (Å²) in [5.74, 6) is 0. The van der Waals surface area contributed by atoms with E-state index in [2.05, 4.69) is 45.1 Å². The minimum Gasteiger partial charge on any atom is -0.444 e. The van der Waals surface area contributed by atoms with E-state index in [1.165, 1.54) is 18.5 Å². The maximum atomic E-state index is 12.1. The second kappa shape index (κ2) is 6.00. The number of carbonyl (C=O) groups excluding carboxylic acids is 1. The number of amides is 1. The van der Waals surface area contributed by atoms with Gasteiger partial charge in [0.1, 0.15) is 5.60 Å². The first kappa shape index (κ1) is 16.6. The Bertz CT molecular complexity index is 591. The van der Waals surface area contributed by atoms with Crippen LogP contribution >= 0.6 is 15.9 Å². The van der Waals surface area contributed by atoms with Crippen LogP contribution in [0.25, 0.3) is 0 Å². The number of rotatable bonds is 1. The fourth-order valence-corrected chi connectivity index (χ4v) is 3.97. The van der Waals surface area contributed by atoms with E-state index in [-0.39, 0.29) is 11.5 Å². The Morgan fingerprint density at radius 2 is 2.00 bits per heavy atom. The maximum Gasteiger partial charge on any atom is 0.410 e. The molecule has 2 heterocycles. The van der Waals surface area contributed by atoms with Crippen molar-refractivity contribution in [3.05, 3.63) is 28.7 Å². The van der Waals surface area contributed by atoms with Gasteiger partial charge in [-0.3, -0.25) is 0 Å². The number of nitrogens with zero attached hydrogens (tertiary/aromatic N) is 2. The molecule has 2 saturated heterocycles. The molecule has 0 aromatic heterocycles. The van der Waals surface area contributed by atoms with Crippen LogP contribution in [0.4, 0.5) is 10.5 Å². The first-order chi connectivity index (χ1) is 10.8. The SMILES string of the molecule is CC(C)(C)OC(=O)N1CC2(CCCN(c3cccc(Br)c3)C2)C1. The van der Waals surface area contributed by atoms with Gasteiger partial charge >= 0.3 is 6.09 Å². The van der Waals surface area contributed by atoms with Crippen molar-refractivity contribution in [1.82, 2.24) is 4.90 Å². The van der Waals surface area contributed by atoms with Crippen molar-refractivity contribution in [1.29, 1.82) is 0 Å². The van der Waals surface area contributed by atoms with Gasteiger partial charge in [0.15, 0.2) is 0 Å². The van der Waals surface area contributed by atoms with E-state index >= 15 is 0 Å². The average Bonchev–Trinajstić information content (AvgIpc) is 2.43. The Labute approximate surface area is 146 Å². The Morgan fingerprint density at radius 3 is 2.65 bits per heavy atom. The van der Waals surface area contributed by atoms with Crippen molar-refractivity contribution in [3.63, 3.8) is 0 Å². The topological polar surface area (TPSA) is 32.8 Å². The van der Waals surface area contributed by atoms with Gasteiger partial charge in [0.25, 0.3) is 0 Å². The molecule has 1 aromatic rings. The van der Waals surface area contributed by atoms with Crippen LogP contribution in [0.1, 0.15) is 33.6 Å². The van der Waals surface area contributed by atoms with Crippen LogP contribution in [0.15, 0.2) is 28.7 Å². The molecule has 0 unspecified atom stereocenters. The molecular weight excluding hydrogens is 356 g/mol. The monoisotopic (exact) mass is 380 g/mol. The van der Waals surface area contributed by atoms with E-state index in [0.717, 1.165) is 30.7 Å². The lowest BCUT2D eigenvalue weighted by atomic mass is 9.73. The third-order valence-corrected chi connectivity index (χ3v) is 5.03. The lowest BCUT2D eigenvalue weighted by molar-refractivity contribution is -0.0390.